The van der Waals surface area contributed by atoms with Crippen LogP contribution in [0.15, 0.2) is 52.1 Å². The smallest absolute Gasteiger partial charge is 0.307 e. The van der Waals surface area contributed by atoms with E-state index in [-0.39, 0.29) is 36.9 Å². The Kier molecular flexibility index (Phi) is 7.53. The summed E-state index contributed by atoms with van der Waals surface area (Å²) < 4.78 is 6.96. The van der Waals surface area contributed by atoms with Gasteiger partial charge in [-0.05, 0) is 40.5 Å². The van der Waals surface area contributed by atoms with E-state index in [4.69, 9.17) is 4.74 Å². The molecule has 7 nitrogen and oxygen atoms in total. The zero-order chi connectivity index (χ0) is 18.9. The highest BCUT2D eigenvalue weighted by Crippen LogP contribution is 2.08. The lowest BCUT2D eigenvalue weighted by Crippen LogP contribution is -2.37. The van der Waals surface area contributed by atoms with Gasteiger partial charge in [-0.3, -0.25) is 19.4 Å². The van der Waals surface area contributed by atoms with Crippen molar-refractivity contribution in [3.63, 3.8) is 0 Å². The summed E-state index contributed by atoms with van der Waals surface area (Å²) in [5.41, 5.74) is 0.569. The Morgan fingerprint density at radius 3 is 2.81 bits per heavy atom. The first-order chi connectivity index (χ1) is 12.5. The number of pyridine rings is 2. The van der Waals surface area contributed by atoms with Gasteiger partial charge in [0.1, 0.15) is 6.54 Å². The molecule has 2 aromatic heterocycles. The van der Waals surface area contributed by atoms with Gasteiger partial charge in [-0.25, -0.2) is 0 Å². The number of aromatic nitrogens is 2. The Morgan fingerprint density at radius 2 is 2.12 bits per heavy atom. The lowest BCUT2D eigenvalue weighted by molar-refractivity contribution is -0.144. The molecule has 0 spiro atoms. The van der Waals surface area contributed by atoms with Crippen molar-refractivity contribution >= 4 is 27.8 Å². The van der Waals surface area contributed by atoms with Crippen molar-refractivity contribution in [1.82, 2.24) is 14.5 Å². The highest BCUT2D eigenvalue weighted by Gasteiger charge is 2.17. The van der Waals surface area contributed by atoms with E-state index in [0.717, 1.165) is 5.56 Å². The van der Waals surface area contributed by atoms with Crippen molar-refractivity contribution in [3.05, 3.63) is 63.2 Å². The molecule has 0 aliphatic rings. The third-order valence-corrected chi connectivity index (χ3v) is 4.06. The van der Waals surface area contributed by atoms with Gasteiger partial charge >= 0.3 is 5.97 Å². The maximum atomic E-state index is 12.7. The Hall–Kier alpha value is -2.48. The zero-order valence-electron chi connectivity index (χ0n) is 14.4. The predicted molar refractivity (Wildman–Crippen MR) is 99.3 cm³/mol. The molecule has 2 aromatic rings. The Bertz CT molecular complexity index is 808. The molecular weight excluding hydrogens is 402 g/mol. The van der Waals surface area contributed by atoms with E-state index in [9.17, 15) is 14.4 Å². The first-order valence-electron chi connectivity index (χ1n) is 8.18. The van der Waals surface area contributed by atoms with Gasteiger partial charge in [0.25, 0.3) is 5.56 Å². The third-order valence-electron chi connectivity index (χ3n) is 3.59. The summed E-state index contributed by atoms with van der Waals surface area (Å²) in [7, 11) is 0. The monoisotopic (exact) mass is 421 g/mol. The van der Waals surface area contributed by atoms with Gasteiger partial charge in [-0.2, -0.15) is 0 Å². The number of carbonyl (C=O) groups excluding carboxylic acids is 2. The minimum absolute atomic E-state index is 0.0905. The molecule has 0 N–H and O–H groups in total. The number of carbonyl (C=O) groups is 2. The van der Waals surface area contributed by atoms with Crippen LogP contribution in [0.25, 0.3) is 0 Å². The summed E-state index contributed by atoms with van der Waals surface area (Å²) >= 11 is 3.29. The van der Waals surface area contributed by atoms with Crippen LogP contribution in [0.1, 0.15) is 18.9 Å². The van der Waals surface area contributed by atoms with Crippen molar-refractivity contribution in [2.45, 2.75) is 26.4 Å². The molecule has 8 heteroatoms. The quantitative estimate of drug-likeness (QED) is 0.608. The fraction of sp³-hybridized carbons (Fsp3) is 0.333. The minimum Gasteiger partial charge on any atom is -0.466 e. The first-order valence-corrected chi connectivity index (χ1v) is 8.97. The largest absolute Gasteiger partial charge is 0.466 e. The van der Waals surface area contributed by atoms with Gasteiger partial charge in [-0.15, -0.1) is 0 Å². The van der Waals surface area contributed by atoms with E-state index < -0.39 is 0 Å². The van der Waals surface area contributed by atoms with E-state index >= 15 is 0 Å². The van der Waals surface area contributed by atoms with Gasteiger partial charge < -0.3 is 14.2 Å². The lowest BCUT2D eigenvalue weighted by atomic mass is 10.2. The van der Waals surface area contributed by atoms with Crippen molar-refractivity contribution in [3.8, 4) is 0 Å². The molecular formula is C18H20BrN3O4. The van der Waals surface area contributed by atoms with Crippen molar-refractivity contribution in [2.75, 3.05) is 13.2 Å². The molecule has 0 bridgehead atoms. The van der Waals surface area contributed by atoms with E-state index in [2.05, 4.69) is 20.9 Å². The molecule has 0 unspecified atom stereocenters. The number of amides is 1. The number of ether oxygens (including phenoxy) is 1. The normalized spacial score (nSPS) is 10.4. The minimum atomic E-state index is -0.365. The van der Waals surface area contributed by atoms with Crippen LogP contribution in [-0.4, -0.2) is 39.5 Å². The van der Waals surface area contributed by atoms with E-state index in [1.54, 1.807) is 37.6 Å². The number of esters is 1. The van der Waals surface area contributed by atoms with Gasteiger partial charge in [0.05, 0.1) is 13.0 Å². The molecule has 0 saturated heterocycles. The Morgan fingerprint density at radius 1 is 1.31 bits per heavy atom. The van der Waals surface area contributed by atoms with Crippen molar-refractivity contribution in [2.24, 2.45) is 0 Å². The summed E-state index contributed by atoms with van der Waals surface area (Å²) in [5, 5.41) is 0. The summed E-state index contributed by atoms with van der Waals surface area (Å²) in [5.74, 6) is -0.630. The third kappa shape index (κ3) is 6.11. The van der Waals surface area contributed by atoms with Gasteiger partial charge in [0.15, 0.2) is 0 Å². The van der Waals surface area contributed by atoms with Crippen molar-refractivity contribution < 1.29 is 14.3 Å². The average molecular weight is 422 g/mol. The van der Waals surface area contributed by atoms with E-state index in [0.29, 0.717) is 17.6 Å². The number of hydrogen-bond acceptors (Lipinski definition) is 5. The molecule has 0 aliphatic carbocycles. The van der Waals surface area contributed by atoms with Crippen LogP contribution in [0.4, 0.5) is 0 Å². The highest BCUT2D eigenvalue weighted by atomic mass is 79.9. The van der Waals surface area contributed by atoms with Gasteiger partial charge in [0.2, 0.25) is 5.91 Å². The molecule has 0 atom stereocenters. The van der Waals surface area contributed by atoms with Crippen LogP contribution >= 0.6 is 15.9 Å². The lowest BCUT2D eigenvalue weighted by Gasteiger charge is -2.23. The second-order valence-corrected chi connectivity index (χ2v) is 6.46. The van der Waals surface area contributed by atoms with Crippen LogP contribution in [0.5, 0.6) is 0 Å². The predicted octanol–water partition coefficient (Wildman–Crippen LogP) is 1.99. The maximum absolute atomic E-state index is 12.7. The summed E-state index contributed by atoms with van der Waals surface area (Å²) in [4.78, 5) is 41.9. The maximum Gasteiger partial charge on any atom is 0.307 e. The molecule has 0 saturated carbocycles. The molecule has 0 aromatic carbocycles. The molecule has 2 rings (SSSR count). The summed E-state index contributed by atoms with van der Waals surface area (Å²) in [6.45, 7) is 2.42. The molecule has 0 fully saturated rings. The summed E-state index contributed by atoms with van der Waals surface area (Å²) in [6, 6.07) is 6.64. The molecule has 138 valence electrons. The number of rotatable bonds is 8. The second-order valence-electron chi connectivity index (χ2n) is 5.55. The van der Waals surface area contributed by atoms with Crippen LogP contribution in [-0.2, 0) is 27.4 Å². The molecule has 1 amide bonds. The molecule has 2 heterocycles. The first kappa shape index (κ1) is 19.8. The fourth-order valence-corrected chi connectivity index (χ4v) is 2.71. The SMILES string of the molecule is CCOC(=O)CCN(Cc1cccnc1)C(=O)Cn1cc(Br)ccc1=O. The second kappa shape index (κ2) is 9.86. The molecule has 0 aliphatic heterocycles. The fourth-order valence-electron chi connectivity index (χ4n) is 2.33. The Labute approximate surface area is 159 Å². The highest BCUT2D eigenvalue weighted by molar-refractivity contribution is 9.10. The molecule has 0 radical (unpaired) electrons. The van der Waals surface area contributed by atoms with Crippen LogP contribution in [0.2, 0.25) is 0 Å². The standard InChI is InChI=1S/C18H20BrN3O4/c1-2-26-18(25)7-9-21(11-14-4-3-8-20-10-14)17(24)13-22-12-15(19)5-6-16(22)23/h3-6,8,10,12H,2,7,9,11,13H2,1H3. The topological polar surface area (TPSA) is 81.5 Å². The van der Waals surface area contributed by atoms with E-state index in [1.165, 1.54) is 15.5 Å². The Balaban J connectivity index is 2.12. The zero-order valence-corrected chi connectivity index (χ0v) is 16.0. The summed E-state index contributed by atoms with van der Waals surface area (Å²) in [6.07, 6.45) is 4.96. The van der Waals surface area contributed by atoms with Gasteiger partial charge in [-0.1, -0.05) is 6.07 Å². The van der Waals surface area contributed by atoms with Crippen LogP contribution < -0.4 is 5.56 Å². The van der Waals surface area contributed by atoms with E-state index in [1.807, 2.05) is 6.07 Å². The number of halogens is 1. The van der Waals surface area contributed by atoms with Crippen molar-refractivity contribution in [1.29, 1.82) is 0 Å². The van der Waals surface area contributed by atoms with Gasteiger partial charge in [0, 0.05) is 42.2 Å². The number of nitrogens with zero attached hydrogens (tertiary/aromatic N) is 3. The van der Waals surface area contributed by atoms with Crippen LogP contribution in [0, 0.1) is 0 Å². The number of hydrogen-bond donors (Lipinski definition) is 0. The molecule has 26 heavy (non-hydrogen) atoms. The average Bonchev–Trinajstić information content (AvgIpc) is 2.62. The van der Waals surface area contributed by atoms with Crippen LogP contribution in [0.3, 0.4) is 0 Å².